The summed E-state index contributed by atoms with van der Waals surface area (Å²) in [6.07, 6.45) is 3.77. The number of nitriles is 1. The smallest absolute Gasteiger partial charge is 0.285 e. The molecule has 0 saturated carbocycles. The van der Waals surface area contributed by atoms with Gasteiger partial charge in [-0.3, -0.25) is 4.79 Å². The van der Waals surface area contributed by atoms with E-state index in [0.717, 1.165) is 16.8 Å². The van der Waals surface area contributed by atoms with Crippen molar-refractivity contribution in [3.8, 4) is 17.6 Å². The minimum absolute atomic E-state index is 0.0743. The van der Waals surface area contributed by atoms with Gasteiger partial charge in [-0.15, -0.1) is 0 Å². The molecule has 0 radical (unpaired) electrons. The molecule has 5 rings (SSSR count). The minimum Gasteiger partial charge on any atom is -0.452 e. The van der Waals surface area contributed by atoms with Gasteiger partial charge in [-0.2, -0.15) is 5.26 Å². The lowest BCUT2D eigenvalue weighted by molar-refractivity contribution is -0.285. The minimum atomic E-state index is -0.649. The van der Waals surface area contributed by atoms with Crippen molar-refractivity contribution >= 4 is 24.1 Å². The lowest BCUT2D eigenvalue weighted by Crippen LogP contribution is -2.23. The second-order valence-corrected chi connectivity index (χ2v) is 7.52. The summed E-state index contributed by atoms with van der Waals surface area (Å²) in [4.78, 5) is 19.1. The Kier molecular flexibility index (Phi) is 4.96. The van der Waals surface area contributed by atoms with Crippen molar-refractivity contribution < 1.29 is 18.5 Å². The lowest BCUT2D eigenvalue weighted by atomic mass is 10.1. The molecule has 6 nitrogen and oxygen atoms in total. The molecule has 0 unspecified atom stereocenters. The standard InChI is InChI=1S/C25H18FN4O2/c26-21-5-1-3-18(13-27)24(21)32-22-6-2-4-19-15-30(25(31)23(19)22)14-17-7-9-20(10-8-17)29-12-11-28-16-29/h1-10,12,16H,11,14-15H2/q+1. The summed E-state index contributed by atoms with van der Waals surface area (Å²) in [5.41, 5.74) is 3.29. The van der Waals surface area contributed by atoms with E-state index in [1.54, 1.807) is 23.4 Å². The third-order valence-corrected chi connectivity index (χ3v) is 5.47. The number of benzene rings is 3. The number of ether oxygens (including phenoxy) is 1. The molecule has 3 aromatic carbocycles. The first-order chi connectivity index (χ1) is 15.6. The maximum absolute atomic E-state index is 14.3. The molecule has 0 saturated heterocycles. The van der Waals surface area contributed by atoms with E-state index < -0.39 is 5.82 Å². The van der Waals surface area contributed by atoms with Crippen LogP contribution in [0.25, 0.3) is 0 Å². The summed E-state index contributed by atoms with van der Waals surface area (Å²) in [6.45, 7) is 1.55. The number of hydrogen-bond acceptors (Lipinski definition) is 4. The topological polar surface area (TPSA) is 68.7 Å². The average molecular weight is 425 g/mol. The fourth-order valence-corrected chi connectivity index (χ4v) is 3.89. The van der Waals surface area contributed by atoms with Crippen molar-refractivity contribution in [3.63, 3.8) is 0 Å². The van der Waals surface area contributed by atoms with Gasteiger partial charge in [0.25, 0.3) is 12.2 Å². The molecule has 1 amide bonds. The van der Waals surface area contributed by atoms with Crippen molar-refractivity contribution in [1.82, 2.24) is 4.90 Å². The fourth-order valence-electron chi connectivity index (χ4n) is 3.89. The highest BCUT2D eigenvalue weighted by Crippen LogP contribution is 2.36. The van der Waals surface area contributed by atoms with Gasteiger partial charge in [0.2, 0.25) is 0 Å². The highest BCUT2D eigenvalue weighted by atomic mass is 19.1. The van der Waals surface area contributed by atoms with Gasteiger partial charge in [-0.1, -0.05) is 35.3 Å². The van der Waals surface area contributed by atoms with Crippen LogP contribution in [0.15, 0.2) is 65.7 Å². The molecule has 3 aromatic rings. The van der Waals surface area contributed by atoms with Crippen LogP contribution < -0.4 is 4.74 Å². The van der Waals surface area contributed by atoms with E-state index in [1.165, 1.54) is 18.2 Å². The van der Waals surface area contributed by atoms with Gasteiger partial charge in [0.15, 0.2) is 18.1 Å². The number of carbonyl (C=O) groups excluding carboxylic acids is 1. The van der Waals surface area contributed by atoms with Crippen molar-refractivity contribution in [2.24, 2.45) is 4.99 Å². The van der Waals surface area contributed by atoms with Crippen molar-refractivity contribution in [1.29, 1.82) is 5.26 Å². The molecule has 0 N–H and O–H groups in total. The second-order valence-electron chi connectivity index (χ2n) is 7.52. The summed E-state index contributed by atoms with van der Waals surface area (Å²) in [6, 6.07) is 19.3. The third-order valence-electron chi connectivity index (χ3n) is 5.47. The molecule has 0 bridgehead atoms. The van der Waals surface area contributed by atoms with E-state index in [4.69, 9.17) is 4.74 Å². The Morgan fingerprint density at radius 1 is 1.12 bits per heavy atom. The van der Waals surface area contributed by atoms with Crippen LogP contribution in [0.4, 0.5) is 10.1 Å². The van der Waals surface area contributed by atoms with E-state index in [2.05, 4.69) is 4.99 Å². The highest BCUT2D eigenvalue weighted by molar-refractivity contribution is 6.01. The summed E-state index contributed by atoms with van der Waals surface area (Å²) in [5, 5.41) is 9.28. The Hall–Kier alpha value is -4.31. The zero-order valence-corrected chi connectivity index (χ0v) is 17.0. The molecular formula is C25H18FN4O2+. The largest absolute Gasteiger partial charge is 0.452 e. The Morgan fingerprint density at radius 3 is 2.69 bits per heavy atom. The molecule has 0 aliphatic carbocycles. The van der Waals surface area contributed by atoms with Crippen LogP contribution in [0.2, 0.25) is 0 Å². The maximum Gasteiger partial charge on any atom is 0.285 e. The van der Waals surface area contributed by atoms with Crippen LogP contribution in [0.5, 0.6) is 11.5 Å². The lowest BCUT2D eigenvalue weighted by Gasteiger charge is -2.16. The van der Waals surface area contributed by atoms with Crippen LogP contribution in [0, 0.1) is 17.1 Å². The van der Waals surface area contributed by atoms with Crippen LogP contribution in [0.1, 0.15) is 27.0 Å². The Morgan fingerprint density at radius 2 is 1.94 bits per heavy atom. The zero-order valence-electron chi connectivity index (χ0n) is 17.0. The monoisotopic (exact) mass is 425 g/mol. The van der Waals surface area contributed by atoms with Gasteiger partial charge in [-0.05, 0) is 41.5 Å². The molecule has 2 heterocycles. The summed E-state index contributed by atoms with van der Waals surface area (Å²) in [7, 11) is 0. The first kappa shape index (κ1) is 19.6. The Bertz CT molecular complexity index is 1320. The number of hydrogen-bond donors (Lipinski definition) is 0. The van der Waals surface area contributed by atoms with Gasteiger partial charge >= 0.3 is 0 Å². The number of amides is 1. The molecule has 2 aliphatic heterocycles. The summed E-state index contributed by atoms with van der Waals surface area (Å²) >= 11 is 0. The van der Waals surface area contributed by atoms with Crippen LogP contribution in [-0.4, -0.2) is 34.5 Å². The van der Waals surface area contributed by atoms with Gasteiger partial charge in [-0.25, -0.2) is 8.97 Å². The molecule has 156 valence electrons. The molecule has 0 spiro atoms. The predicted octanol–water partition coefficient (Wildman–Crippen LogP) is 4.40. The molecule has 0 aromatic heterocycles. The van der Waals surface area contributed by atoms with Crippen LogP contribution in [0.3, 0.4) is 0 Å². The van der Waals surface area contributed by atoms with Crippen LogP contribution in [-0.2, 0) is 13.1 Å². The number of rotatable bonds is 5. The molecule has 0 atom stereocenters. The van der Waals surface area contributed by atoms with Crippen molar-refractivity contribution in [2.75, 3.05) is 6.54 Å². The number of halogens is 1. The first-order valence-electron chi connectivity index (χ1n) is 10.1. The van der Waals surface area contributed by atoms with Gasteiger partial charge in [0.1, 0.15) is 23.7 Å². The van der Waals surface area contributed by atoms with Gasteiger partial charge in [0, 0.05) is 13.1 Å². The Balaban J connectivity index is 1.38. The van der Waals surface area contributed by atoms with Gasteiger partial charge < -0.3 is 9.64 Å². The SMILES string of the molecule is N#Cc1cccc(F)c1Oc1cccc2c1C(=O)N(Cc1ccc([N+]3=CCN=C3)cc1)C2. The highest BCUT2D eigenvalue weighted by Gasteiger charge is 2.31. The van der Waals surface area contributed by atoms with E-state index in [0.29, 0.717) is 25.2 Å². The van der Waals surface area contributed by atoms with E-state index in [-0.39, 0.29) is 23.0 Å². The number of fused-ring (bicyclic) bond motifs is 1. The third kappa shape index (κ3) is 3.52. The quantitative estimate of drug-likeness (QED) is 0.569. The van der Waals surface area contributed by atoms with E-state index in [9.17, 15) is 14.4 Å². The predicted molar refractivity (Wildman–Crippen MR) is 117 cm³/mol. The molecular weight excluding hydrogens is 407 g/mol. The molecule has 2 aliphatic rings. The second kappa shape index (κ2) is 8.08. The zero-order chi connectivity index (χ0) is 22.1. The molecule has 7 heteroatoms. The number of carbonyl (C=O) groups is 1. The average Bonchev–Trinajstić information content (AvgIpc) is 3.45. The van der Waals surface area contributed by atoms with E-state index in [1.807, 2.05) is 47.2 Å². The summed E-state index contributed by atoms with van der Waals surface area (Å²) < 4.78 is 22.0. The molecule has 0 fully saturated rings. The number of nitrogens with zero attached hydrogens (tertiary/aromatic N) is 4. The number of para-hydroxylation sites is 1. The van der Waals surface area contributed by atoms with Crippen molar-refractivity contribution in [2.45, 2.75) is 13.1 Å². The summed E-state index contributed by atoms with van der Waals surface area (Å²) in [5.74, 6) is -0.762. The van der Waals surface area contributed by atoms with E-state index >= 15 is 0 Å². The maximum atomic E-state index is 14.3. The van der Waals surface area contributed by atoms with Crippen LogP contribution >= 0.6 is 0 Å². The first-order valence-corrected chi connectivity index (χ1v) is 10.1. The normalized spacial score (nSPS) is 14.3. The van der Waals surface area contributed by atoms with Gasteiger partial charge in [0.05, 0.1) is 11.1 Å². The molecule has 32 heavy (non-hydrogen) atoms. The Labute approximate surface area is 184 Å². The van der Waals surface area contributed by atoms with Crippen molar-refractivity contribution in [3.05, 3.63) is 88.7 Å². The number of aliphatic imine (C=N–C) groups is 1. The fraction of sp³-hybridized carbons (Fsp3) is 0.120.